The third kappa shape index (κ3) is 93.0. The summed E-state index contributed by atoms with van der Waals surface area (Å²) in [6.45, 7) is 48.7. The Hall–Kier alpha value is -5.45. The van der Waals surface area contributed by atoms with E-state index in [9.17, 15) is 57.5 Å². The fourth-order valence-electron chi connectivity index (χ4n) is 11.7. The number of hydrogen-bond donors (Lipinski definition) is 5. The van der Waals surface area contributed by atoms with Crippen molar-refractivity contribution >= 4 is 81.2 Å². The Labute approximate surface area is 808 Å². The largest absolute Gasteiger partial charge is 1.00 e. The van der Waals surface area contributed by atoms with Gasteiger partial charge in [-0.2, -0.15) is 0 Å². The van der Waals surface area contributed by atoms with Crippen LogP contribution in [-0.4, -0.2) is 428 Å². The first-order valence-electron chi connectivity index (χ1n) is 46.8. The van der Waals surface area contributed by atoms with Crippen LogP contribution in [0.2, 0.25) is 0 Å². The zero-order valence-corrected chi connectivity index (χ0v) is 87.5. The first kappa shape index (κ1) is 140. The fraction of sp³-hybridized carbons (Fsp3) is 0.865. The van der Waals surface area contributed by atoms with E-state index in [1.165, 1.54) is 65.0 Å². The zero-order valence-electron chi connectivity index (χ0n) is 84.6. The van der Waals surface area contributed by atoms with E-state index >= 15 is 0 Å². The molecule has 0 bridgehead atoms. The molecule has 3 saturated heterocycles. The number of ether oxygens (including phenoxy) is 3. The van der Waals surface area contributed by atoms with E-state index in [2.05, 4.69) is 180 Å². The predicted molar refractivity (Wildman–Crippen MR) is 509 cm³/mol. The predicted octanol–water partition coefficient (Wildman–Crippen LogP) is 2.00. The number of amides is 9. The maximum Gasteiger partial charge on any atom is 1.00 e. The van der Waals surface area contributed by atoms with Crippen molar-refractivity contribution in [3.63, 3.8) is 0 Å². The van der Waals surface area contributed by atoms with Crippen molar-refractivity contribution in [3.05, 3.63) is 0 Å². The van der Waals surface area contributed by atoms with Gasteiger partial charge in [0.15, 0.2) is 0 Å². The van der Waals surface area contributed by atoms with Crippen LogP contribution in [0.1, 0.15) is 231 Å². The number of carbonyl (C=O) groups excluding carboxylic acids is 12. The van der Waals surface area contributed by atoms with Crippen LogP contribution in [0.15, 0.2) is 0 Å². The smallest absolute Gasteiger partial charge is 0.748 e. The number of carbonyl (C=O) groups is 12. The molecular weight excluding hydrogens is 1710 g/mol. The average Bonchev–Trinajstić information content (AvgIpc) is 1.74. The molecule has 0 aromatic rings. The van der Waals surface area contributed by atoms with Gasteiger partial charge in [-0.25, -0.2) is 22.8 Å². The Balaban J connectivity index is -0.000000238. The minimum Gasteiger partial charge on any atom is -0.748 e. The number of nitrogens with two attached hydrogens (primary N) is 2. The summed E-state index contributed by atoms with van der Waals surface area (Å²) in [5.74, 6) is -5.78. The van der Waals surface area contributed by atoms with Crippen molar-refractivity contribution in [2.45, 2.75) is 231 Å². The molecule has 9 amide bonds. The third-order valence-corrected chi connectivity index (χ3v) is 18.0. The van der Waals surface area contributed by atoms with E-state index in [1.807, 2.05) is 41.5 Å². The van der Waals surface area contributed by atoms with E-state index in [-0.39, 0.29) is 145 Å². The maximum absolute atomic E-state index is 12.0. The molecule has 7 N–H and O–H groups in total. The topological polar surface area (TPSA) is 448 Å². The monoisotopic (exact) mass is 1900 g/mol. The molecule has 3 aliphatic heterocycles. The summed E-state index contributed by atoms with van der Waals surface area (Å²) in [5.41, 5.74) is 11.0. The number of nitrogens with one attached hydrogen (secondary N) is 3. The van der Waals surface area contributed by atoms with Crippen LogP contribution in [0.5, 0.6) is 0 Å². The molecule has 3 rings (SSSR count). The van der Waals surface area contributed by atoms with E-state index in [0.717, 1.165) is 150 Å². The van der Waals surface area contributed by atoms with Gasteiger partial charge in [0.1, 0.15) is 0 Å². The van der Waals surface area contributed by atoms with E-state index in [0.29, 0.717) is 67.1 Å². The molecule has 0 aromatic carbocycles. The molecular formula is C89H185N18NaO21S. The standard InChI is InChI=1S/C25H54N6O3.C20H36N4O6.C14H16N2O9.2C11H27N3.3C2H6.CH4O3S.CH4.Na/c1-7-15-31(19-10-17-29(5)6)21-14-27-25(33)12-23-34-22-11-24(32)26-13-20-30(8-2)18-9-16-28(3)4;1-4-11-23(13-5-12-22(2)3)14-10-21-17(25)8-15-29-16-9-20(28)30-24-18(26)6-7-19(24)27;17-9-1-2-10(18)15(9)24-13(21)5-7-23-8-6-14(22)25-16-11(19)3-4-12(16)20;2*1-4-8-14(10-5-7-12)11-6-9-13(2)3;3*1-2;1-5(2,3)4;;/h7-23H2,1-6H3,(H,26,32)(H,27,33);4-16H2,1-3H3,(H,21,25);1-8H2;2*4-12H2,1-3H3;3*1-2H3;1H3,(H,2,3,4);1H4;/q;;;;;;;;;;+1/p-1. The summed E-state index contributed by atoms with van der Waals surface area (Å²) >= 11 is 0. The zero-order chi connectivity index (χ0) is 98.5. The number of imide groups is 3. The first-order valence-corrected chi connectivity index (χ1v) is 48.6. The molecule has 3 aliphatic rings. The number of rotatable bonds is 65. The van der Waals surface area contributed by atoms with Gasteiger partial charge in [0.25, 0.3) is 35.4 Å². The van der Waals surface area contributed by atoms with Gasteiger partial charge in [-0.1, -0.05) is 83.6 Å². The van der Waals surface area contributed by atoms with E-state index in [1.54, 1.807) is 0 Å². The maximum atomic E-state index is 12.0. The molecule has 3 fully saturated rings. The summed E-state index contributed by atoms with van der Waals surface area (Å²) in [5, 5.41) is 10.2. The molecule has 0 spiro atoms. The van der Waals surface area contributed by atoms with Crippen molar-refractivity contribution in [2.75, 3.05) is 280 Å². The second-order valence-corrected chi connectivity index (χ2v) is 32.5. The van der Waals surface area contributed by atoms with Crippen molar-refractivity contribution < 1.29 is 129 Å². The quantitative estimate of drug-likeness (QED) is 0.0252. The molecule has 41 heteroatoms. The molecule has 0 radical (unpaired) electrons. The van der Waals surface area contributed by atoms with Crippen molar-refractivity contribution in [2.24, 2.45) is 11.5 Å². The first-order chi connectivity index (χ1) is 60.9. The summed E-state index contributed by atoms with van der Waals surface area (Å²) in [6.07, 6.45) is 13.9. The van der Waals surface area contributed by atoms with Crippen molar-refractivity contribution in [1.29, 1.82) is 0 Å². The average molecular weight is 1900 g/mol. The van der Waals surface area contributed by atoms with Crippen molar-refractivity contribution in [1.82, 2.24) is 80.1 Å². The summed E-state index contributed by atoms with van der Waals surface area (Å²) in [7, 11) is 17.1. The molecule has 0 aliphatic carbocycles. The van der Waals surface area contributed by atoms with E-state index in [4.69, 9.17) is 43.5 Å². The number of likely N-dealkylation sites (N-methyl/N-ethyl adjacent to an activating group) is 1. The van der Waals surface area contributed by atoms with Crippen LogP contribution in [0.4, 0.5) is 0 Å². The van der Waals surface area contributed by atoms with Crippen LogP contribution in [-0.2, 0) is 96.4 Å². The van der Waals surface area contributed by atoms with Gasteiger partial charge in [-0.15, -0.1) is 15.2 Å². The van der Waals surface area contributed by atoms with Gasteiger partial charge in [0.05, 0.1) is 69.0 Å². The molecule has 764 valence electrons. The van der Waals surface area contributed by atoms with Gasteiger partial charge in [-0.05, 0) is 265 Å². The Bertz CT molecular complexity index is 2810. The fourth-order valence-corrected chi connectivity index (χ4v) is 11.7. The SMILES string of the molecule is C.CC.CC.CC.CCCN(CCCN(C)C)CCNC(=O)CCOCCC(=O)NCCN(CC)CCCN(C)C.CCCN(CCCN(C)C)CCNC(=O)CCOCCC(=O)ON1C(=O)CCC1=O.CCCN(CCCN)CCCN(C)C.CCCN(CCCN)CCCN(C)C.CS(=O)(=O)[O-].O=C(CCOCCC(=O)ON1C(=O)CCC1=O)ON1C(=O)CCC1=O.[Na+]. The van der Waals surface area contributed by atoms with Gasteiger partial charge in [-0.3, -0.25) is 43.2 Å². The number of hydroxylamine groups is 6. The molecule has 130 heavy (non-hydrogen) atoms. The normalized spacial score (nSPS) is 12.7. The molecule has 0 atom stereocenters. The summed E-state index contributed by atoms with van der Waals surface area (Å²) in [4.78, 5) is 175. The van der Waals surface area contributed by atoms with E-state index < -0.39 is 63.5 Å². The van der Waals surface area contributed by atoms with Crippen LogP contribution in [0.3, 0.4) is 0 Å². The molecule has 3 heterocycles. The molecule has 39 nitrogen and oxygen atoms in total. The molecule has 0 unspecified atom stereocenters. The Morgan fingerprint density at radius 2 is 0.515 bits per heavy atom. The summed E-state index contributed by atoms with van der Waals surface area (Å²) < 4.78 is 43.0. The molecule has 0 saturated carbocycles. The second-order valence-electron chi connectivity index (χ2n) is 31.1. The number of nitrogens with zero attached hydrogens (tertiary/aromatic N) is 13. The van der Waals surface area contributed by atoms with Gasteiger partial charge in [0, 0.05) is 103 Å². The van der Waals surface area contributed by atoms with Crippen molar-refractivity contribution in [3.8, 4) is 0 Å². The van der Waals surface area contributed by atoms with Gasteiger partial charge >= 0.3 is 47.5 Å². The Morgan fingerprint density at radius 1 is 0.331 bits per heavy atom. The van der Waals surface area contributed by atoms with Gasteiger partial charge < -0.3 is 110 Å². The molecule has 0 aromatic heterocycles. The van der Waals surface area contributed by atoms with Crippen LogP contribution in [0, 0.1) is 0 Å². The minimum atomic E-state index is -3.92. The van der Waals surface area contributed by atoms with Crippen LogP contribution >= 0.6 is 0 Å². The van der Waals surface area contributed by atoms with Crippen LogP contribution in [0.25, 0.3) is 0 Å². The number of hydrogen-bond acceptors (Lipinski definition) is 33. The third-order valence-electron chi connectivity index (χ3n) is 18.0. The minimum absolute atomic E-state index is 0. The van der Waals surface area contributed by atoms with Crippen LogP contribution < -0.4 is 57.0 Å². The second kappa shape index (κ2) is 96.7. The Morgan fingerprint density at radius 3 is 0.708 bits per heavy atom. The van der Waals surface area contributed by atoms with Gasteiger partial charge in [0.2, 0.25) is 17.7 Å². The summed E-state index contributed by atoms with van der Waals surface area (Å²) in [6, 6.07) is 0. The Kier molecular flexibility index (Phi) is 104.